The van der Waals surface area contributed by atoms with Crippen LogP contribution in [0.5, 0.6) is 0 Å². The number of hydrogen-bond donors (Lipinski definition) is 3. The molecule has 2 amide bonds. The number of rotatable bonds is 9. The molecule has 1 unspecified atom stereocenters. The Morgan fingerprint density at radius 3 is 2.00 bits per heavy atom. The van der Waals surface area contributed by atoms with E-state index >= 15 is 0 Å². The molecule has 2 aromatic carbocycles. The van der Waals surface area contributed by atoms with Crippen LogP contribution in [-0.4, -0.2) is 41.8 Å². The average Bonchev–Trinajstić information content (AvgIpc) is 3.05. The maximum absolute atomic E-state index is 12.3. The van der Waals surface area contributed by atoms with Crippen molar-refractivity contribution >= 4 is 18.0 Å². The van der Waals surface area contributed by atoms with Gasteiger partial charge in [0.2, 0.25) is 5.91 Å². The fourth-order valence-electron chi connectivity index (χ4n) is 4.08. The third-order valence-corrected chi connectivity index (χ3v) is 5.75. The Balaban J connectivity index is 1.52. The first-order valence-corrected chi connectivity index (χ1v) is 10.9. The summed E-state index contributed by atoms with van der Waals surface area (Å²) in [6, 6.07) is 15.3. The van der Waals surface area contributed by atoms with Crippen molar-refractivity contribution in [1.82, 2.24) is 10.6 Å². The lowest BCUT2D eigenvalue weighted by atomic mass is 9.98. The normalized spacial score (nSPS) is 14.2. The number of fused-ring (bicyclic) bond motifs is 3. The van der Waals surface area contributed by atoms with Crippen LogP contribution in [0.2, 0.25) is 0 Å². The highest BCUT2D eigenvalue weighted by molar-refractivity contribution is 5.80. The first-order valence-electron chi connectivity index (χ1n) is 10.9. The van der Waals surface area contributed by atoms with Gasteiger partial charge >= 0.3 is 12.1 Å². The van der Waals surface area contributed by atoms with Crippen LogP contribution in [0.1, 0.15) is 50.7 Å². The molecule has 1 aliphatic rings. The molecule has 1 aliphatic carbocycles. The van der Waals surface area contributed by atoms with Crippen LogP contribution in [0.3, 0.4) is 0 Å². The van der Waals surface area contributed by atoms with Crippen molar-refractivity contribution in [3.05, 3.63) is 59.7 Å². The number of hydrogen-bond acceptors (Lipinski definition) is 4. The number of benzene rings is 2. The molecule has 0 bridgehead atoms. The third-order valence-electron chi connectivity index (χ3n) is 5.75. The van der Waals surface area contributed by atoms with Crippen LogP contribution in [0, 0.1) is 5.92 Å². The Hall–Kier alpha value is -3.35. The monoisotopic (exact) mass is 438 g/mol. The Bertz CT molecular complexity index is 942. The second-order valence-corrected chi connectivity index (χ2v) is 8.59. The minimum Gasteiger partial charge on any atom is -0.481 e. The Morgan fingerprint density at radius 2 is 1.47 bits per heavy atom. The van der Waals surface area contributed by atoms with E-state index in [1.807, 2.05) is 38.1 Å². The Kier molecular flexibility index (Phi) is 7.51. The standard InChI is InChI=1S/C25H30N2O5/c1-15(2)22(13-24(29)30)27-23(28)12-16(3)26-25(31)32-14-21-19-10-6-4-8-17(19)18-9-5-7-11-20(18)21/h4-11,15-16,21-22H,12-14H2,1-3H3,(H,26,31)(H,27,28)(H,29,30)/t16-,22?/m1/s1. The smallest absolute Gasteiger partial charge is 0.407 e. The molecule has 0 heterocycles. The lowest BCUT2D eigenvalue weighted by molar-refractivity contribution is -0.138. The van der Waals surface area contributed by atoms with Crippen molar-refractivity contribution in [3.8, 4) is 11.1 Å². The highest BCUT2D eigenvalue weighted by atomic mass is 16.5. The van der Waals surface area contributed by atoms with Crippen LogP contribution >= 0.6 is 0 Å². The summed E-state index contributed by atoms with van der Waals surface area (Å²) < 4.78 is 5.50. The van der Waals surface area contributed by atoms with Crippen molar-refractivity contribution in [2.24, 2.45) is 5.92 Å². The summed E-state index contributed by atoms with van der Waals surface area (Å²) in [6.07, 6.45) is -0.692. The van der Waals surface area contributed by atoms with Crippen molar-refractivity contribution in [2.45, 2.75) is 51.6 Å². The van der Waals surface area contributed by atoms with Gasteiger partial charge in [-0.05, 0) is 35.1 Å². The van der Waals surface area contributed by atoms with Gasteiger partial charge in [-0.15, -0.1) is 0 Å². The second kappa shape index (κ2) is 10.3. The molecule has 7 heteroatoms. The van der Waals surface area contributed by atoms with Gasteiger partial charge in [-0.1, -0.05) is 62.4 Å². The number of aliphatic carboxylic acids is 1. The van der Waals surface area contributed by atoms with Gasteiger partial charge in [0, 0.05) is 24.4 Å². The molecule has 0 aliphatic heterocycles. The zero-order chi connectivity index (χ0) is 23.3. The number of carboxylic acid groups (broad SMARTS) is 1. The molecule has 0 fully saturated rings. The largest absolute Gasteiger partial charge is 0.481 e. The van der Waals surface area contributed by atoms with Crippen molar-refractivity contribution in [1.29, 1.82) is 0 Å². The molecule has 0 radical (unpaired) electrons. The molecule has 0 aromatic heterocycles. The Labute approximate surface area is 188 Å². The highest BCUT2D eigenvalue weighted by Crippen LogP contribution is 2.44. The first-order chi connectivity index (χ1) is 15.3. The number of nitrogens with one attached hydrogen (secondary N) is 2. The molecular formula is C25H30N2O5. The molecule has 170 valence electrons. The summed E-state index contributed by atoms with van der Waals surface area (Å²) in [5.41, 5.74) is 4.57. The van der Waals surface area contributed by atoms with E-state index in [0.717, 1.165) is 22.3 Å². The van der Waals surface area contributed by atoms with Crippen LogP contribution in [0.25, 0.3) is 11.1 Å². The van der Waals surface area contributed by atoms with Crippen LogP contribution < -0.4 is 10.6 Å². The van der Waals surface area contributed by atoms with Crippen molar-refractivity contribution < 1.29 is 24.2 Å². The number of amides is 2. The predicted molar refractivity (Wildman–Crippen MR) is 121 cm³/mol. The molecule has 0 saturated heterocycles. The number of carbonyl (C=O) groups is 3. The van der Waals surface area contributed by atoms with E-state index in [2.05, 4.69) is 34.9 Å². The van der Waals surface area contributed by atoms with E-state index in [1.165, 1.54) is 0 Å². The maximum atomic E-state index is 12.3. The summed E-state index contributed by atoms with van der Waals surface area (Å²) in [6.45, 7) is 5.62. The fraction of sp³-hybridized carbons (Fsp3) is 0.400. The minimum atomic E-state index is -0.964. The number of alkyl carbamates (subject to hydrolysis) is 1. The maximum Gasteiger partial charge on any atom is 0.407 e. The van der Waals surface area contributed by atoms with E-state index in [0.29, 0.717) is 0 Å². The van der Waals surface area contributed by atoms with E-state index in [9.17, 15) is 14.4 Å². The molecule has 0 saturated carbocycles. The molecule has 3 rings (SSSR count). The molecule has 0 spiro atoms. The van der Waals surface area contributed by atoms with Crippen molar-refractivity contribution in [2.75, 3.05) is 6.61 Å². The van der Waals surface area contributed by atoms with E-state index in [-0.39, 0.29) is 37.2 Å². The van der Waals surface area contributed by atoms with Gasteiger partial charge in [0.05, 0.1) is 6.42 Å². The van der Waals surface area contributed by atoms with Gasteiger partial charge in [-0.25, -0.2) is 4.79 Å². The SMILES string of the molecule is CC(C)C(CC(=O)O)NC(=O)C[C@@H](C)NC(=O)OCC1c2ccccc2-c2ccccc21. The van der Waals surface area contributed by atoms with E-state index in [1.54, 1.807) is 6.92 Å². The lowest BCUT2D eigenvalue weighted by Gasteiger charge is -2.22. The summed E-state index contributed by atoms with van der Waals surface area (Å²) in [7, 11) is 0. The average molecular weight is 439 g/mol. The number of ether oxygens (including phenoxy) is 1. The summed E-state index contributed by atoms with van der Waals surface area (Å²) >= 11 is 0. The molecule has 2 atom stereocenters. The number of carboxylic acids is 1. The zero-order valence-corrected chi connectivity index (χ0v) is 18.6. The van der Waals surface area contributed by atoms with Gasteiger partial charge < -0.3 is 20.5 Å². The van der Waals surface area contributed by atoms with Crippen LogP contribution in [0.4, 0.5) is 4.79 Å². The quantitative estimate of drug-likeness (QED) is 0.550. The number of carbonyl (C=O) groups excluding carboxylic acids is 2. The van der Waals surface area contributed by atoms with Gasteiger partial charge in [-0.2, -0.15) is 0 Å². The highest BCUT2D eigenvalue weighted by Gasteiger charge is 2.29. The molecule has 3 N–H and O–H groups in total. The summed E-state index contributed by atoms with van der Waals surface area (Å²) in [5.74, 6) is -1.32. The predicted octanol–water partition coefficient (Wildman–Crippen LogP) is 3.92. The first kappa shape index (κ1) is 23.3. The molecule has 2 aromatic rings. The molecular weight excluding hydrogens is 408 g/mol. The fourth-order valence-corrected chi connectivity index (χ4v) is 4.08. The van der Waals surface area contributed by atoms with Gasteiger partial charge in [-0.3, -0.25) is 9.59 Å². The van der Waals surface area contributed by atoms with Gasteiger partial charge in [0.25, 0.3) is 0 Å². The Morgan fingerprint density at radius 1 is 0.906 bits per heavy atom. The molecule has 32 heavy (non-hydrogen) atoms. The van der Waals surface area contributed by atoms with Crippen LogP contribution in [-0.2, 0) is 14.3 Å². The topological polar surface area (TPSA) is 105 Å². The third kappa shape index (κ3) is 5.66. The summed E-state index contributed by atoms with van der Waals surface area (Å²) in [4.78, 5) is 35.6. The van der Waals surface area contributed by atoms with Gasteiger partial charge in [0.15, 0.2) is 0 Å². The van der Waals surface area contributed by atoms with Crippen molar-refractivity contribution in [3.63, 3.8) is 0 Å². The van der Waals surface area contributed by atoms with Gasteiger partial charge in [0.1, 0.15) is 6.61 Å². The lowest BCUT2D eigenvalue weighted by Crippen LogP contribution is -2.43. The van der Waals surface area contributed by atoms with E-state index in [4.69, 9.17) is 9.84 Å². The van der Waals surface area contributed by atoms with Crippen LogP contribution in [0.15, 0.2) is 48.5 Å². The summed E-state index contributed by atoms with van der Waals surface area (Å²) in [5, 5.41) is 14.4. The van der Waals surface area contributed by atoms with E-state index < -0.39 is 24.1 Å². The second-order valence-electron chi connectivity index (χ2n) is 8.59. The zero-order valence-electron chi connectivity index (χ0n) is 18.6. The molecule has 7 nitrogen and oxygen atoms in total. The minimum absolute atomic E-state index is 0.0135.